The van der Waals surface area contributed by atoms with Crippen molar-refractivity contribution < 1.29 is 20.1 Å². The normalized spacial score (nSPS) is 4.93. The van der Waals surface area contributed by atoms with Gasteiger partial charge in [0.2, 0.25) is 0 Å². The van der Waals surface area contributed by atoms with E-state index in [4.69, 9.17) is 0 Å². The summed E-state index contributed by atoms with van der Waals surface area (Å²) in [6, 6.07) is 10.3. The van der Waals surface area contributed by atoms with E-state index in [1.165, 1.54) is 5.56 Å². The van der Waals surface area contributed by atoms with Gasteiger partial charge in [0.15, 0.2) is 0 Å². The summed E-state index contributed by atoms with van der Waals surface area (Å²) in [6.07, 6.45) is 1.75. The van der Waals surface area contributed by atoms with Crippen LogP contribution in [0.2, 0.25) is 0 Å². The van der Waals surface area contributed by atoms with Crippen LogP contribution in [0.1, 0.15) is 12.5 Å². The minimum atomic E-state index is 0. The van der Waals surface area contributed by atoms with Gasteiger partial charge in [0.1, 0.15) is 0 Å². The third-order valence-electron chi connectivity index (χ3n) is 0.940. The summed E-state index contributed by atoms with van der Waals surface area (Å²) in [5, 5.41) is 0. The Hall–Kier alpha value is -0.511. The van der Waals surface area contributed by atoms with E-state index in [0.717, 1.165) is 0 Å². The molecule has 0 bridgehead atoms. The first kappa shape index (κ1) is 36.6. The van der Waals surface area contributed by atoms with Gasteiger partial charge in [-0.25, -0.2) is 0 Å². The first-order chi connectivity index (χ1) is 4.81. The monoisotopic (exact) mass is 390 g/mol. The van der Waals surface area contributed by atoms with Crippen LogP contribution in [0.3, 0.4) is 0 Å². The molecule has 1 radical (unpaired) electrons. The molecule has 0 saturated heterocycles. The van der Waals surface area contributed by atoms with Crippen LogP contribution in [-0.2, 0) is 20.1 Å². The van der Waals surface area contributed by atoms with Crippen molar-refractivity contribution in [3.05, 3.63) is 74.4 Å². The molecular weight excluding hydrogens is 366 g/mol. The average molecular weight is 390 g/mol. The SMILES string of the molecule is C=CC.Cc1ccccc1.[CH3-].[Ir].[NH2-].[NH2-].[NH2-]. The molecule has 0 heterocycles. The van der Waals surface area contributed by atoms with Gasteiger partial charge in [-0.1, -0.05) is 42.0 Å². The van der Waals surface area contributed by atoms with Gasteiger partial charge in [-0.05, 0) is 13.8 Å². The van der Waals surface area contributed by atoms with Gasteiger partial charge in [-0.15, -0.1) is 6.58 Å². The molecule has 0 saturated carbocycles. The Morgan fingerprint density at radius 3 is 1.40 bits per heavy atom. The van der Waals surface area contributed by atoms with Gasteiger partial charge in [0.05, 0.1) is 0 Å². The van der Waals surface area contributed by atoms with Crippen LogP contribution in [0.4, 0.5) is 0 Å². The maximum Gasteiger partial charge on any atom is 0 e. The molecule has 0 unspecified atom stereocenters. The molecule has 0 aliphatic carbocycles. The molecular formula is C11H23IrN3-4. The van der Waals surface area contributed by atoms with Gasteiger partial charge in [0, 0.05) is 20.1 Å². The first-order valence-electron chi connectivity index (χ1n) is 3.40. The second kappa shape index (κ2) is 29.2. The molecule has 0 aliphatic heterocycles. The van der Waals surface area contributed by atoms with E-state index in [-0.39, 0.29) is 46.0 Å². The molecule has 0 aromatic heterocycles. The number of benzene rings is 1. The Morgan fingerprint density at radius 1 is 1.00 bits per heavy atom. The van der Waals surface area contributed by atoms with Gasteiger partial charge in [-0.3, -0.25) is 0 Å². The molecule has 15 heavy (non-hydrogen) atoms. The fraction of sp³-hybridized carbons (Fsp3) is 0.182. The molecule has 1 rings (SSSR count). The molecule has 3 nitrogen and oxygen atoms in total. The average Bonchev–Trinajstić information content (AvgIpc) is 1.91. The van der Waals surface area contributed by atoms with E-state index in [0.29, 0.717) is 0 Å². The van der Waals surface area contributed by atoms with Crippen LogP contribution in [0.15, 0.2) is 43.0 Å². The minimum Gasteiger partial charge on any atom is -0.693 e. The zero-order valence-electron chi connectivity index (χ0n) is 9.74. The fourth-order valence-electron chi connectivity index (χ4n) is 0.534. The first-order valence-corrected chi connectivity index (χ1v) is 3.40. The standard InChI is InChI=1S/C7H8.C3H6.CH3.Ir.3H2N/c1-7-5-3-2-4-6-7;1-3-2;;;;;/h2-6H,1H3;3H,1H2,2H3;1H3;;3*1H2/q;;-1;;3*-1. The smallest absolute Gasteiger partial charge is 0 e. The van der Waals surface area contributed by atoms with Crippen molar-refractivity contribution in [1.82, 2.24) is 0 Å². The number of aryl methyl sites for hydroxylation is 1. The van der Waals surface area contributed by atoms with Gasteiger partial charge in [0.25, 0.3) is 0 Å². The van der Waals surface area contributed by atoms with Crippen molar-refractivity contribution in [2.24, 2.45) is 0 Å². The predicted molar refractivity (Wildman–Crippen MR) is 69.3 cm³/mol. The van der Waals surface area contributed by atoms with Gasteiger partial charge >= 0.3 is 0 Å². The Kier molecular flexibility index (Phi) is 71.2. The third kappa shape index (κ3) is 31.7. The number of allylic oxidation sites excluding steroid dienone is 1. The molecule has 6 N–H and O–H groups in total. The van der Waals surface area contributed by atoms with Crippen molar-refractivity contribution in [2.75, 3.05) is 0 Å². The van der Waals surface area contributed by atoms with Crippen molar-refractivity contribution >= 4 is 0 Å². The topological polar surface area (TPSA) is 100 Å². The number of nitrogens with two attached hydrogens (primary N) is 3. The number of rotatable bonds is 0. The van der Waals surface area contributed by atoms with Crippen LogP contribution >= 0.6 is 0 Å². The summed E-state index contributed by atoms with van der Waals surface area (Å²) >= 11 is 0. The zero-order chi connectivity index (χ0) is 7.82. The quantitative estimate of drug-likeness (QED) is 0.396. The van der Waals surface area contributed by atoms with Crippen molar-refractivity contribution in [3.63, 3.8) is 0 Å². The molecule has 1 aromatic carbocycles. The maximum absolute atomic E-state index is 3.36. The molecule has 1 aromatic rings. The second-order valence-electron chi connectivity index (χ2n) is 2.06. The minimum absolute atomic E-state index is 0. The zero-order valence-corrected chi connectivity index (χ0v) is 12.1. The van der Waals surface area contributed by atoms with E-state index in [1.807, 2.05) is 25.1 Å². The van der Waals surface area contributed by atoms with Crippen LogP contribution in [-0.4, -0.2) is 0 Å². The molecule has 0 amide bonds. The van der Waals surface area contributed by atoms with E-state index in [9.17, 15) is 0 Å². The third-order valence-corrected chi connectivity index (χ3v) is 0.940. The van der Waals surface area contributed by atoms with Gasteiger partial charge < -0.3 is 25.9 Å². The van der Waals surface area contributed by atoms with E-state index in [2.05, 4.69) is 25.6 Å². The van der Waals surface area contributed by atoms with Crippen LogP contribution in [0.5, 0.6) is 0 Å². The molecule has 0 aliphatic rings. The van der Waals surface area contributed by atoms with Crippen molar-refractivity contribution in [1.29, 1.82) is 0 Å². The Morgan fingerprint density at radius 2 is 1.27 bits per heavy atom. The molecule has 0 atom stereocenters. The van der Waals surface area contributed by atoms with E-state index in [1.54, 1.807) is 6.08 Å². The Labute approximate surface area is 108 Å². The van der Waals surface area contributed by atoms with Crippen LogP contribution in [0.25, 0.3) is 18.5 Å². The summed E-state index contributed by atoms with van der Waals surface area (Å²) in [4.78, 5) is 0. The van der Waals surface area contributed by atoms with Crippen molar-refractivity contribution in [3.8, 4) is 0 Å². The second-order valence-corrected chi connectivity index (χ2v) is 2.06. The molecule has 0 spiro atoms. The fourth-order valence-corrected chi connectivity index (χ4v) is 0.534. The summed E-state index contributed by atoms with van der Waals surface area (Å²) in [5.41, 5.74) is 1.32. The molecule has 0 fully saturated rings. The number of hydrogen-bond donors (Lipinski definition) is 0. The van der Waals surface area contributed by atoms with Crippen LogP contribution < -0.4 is 0 Å². The predicted octanol–water partition coefficient (Wildman–Crippen LogP) is 5.79. The van der Waals surface area contributed by atoms with Gasteiger partial charge in [-0.2, -0.15) is 0 Å². The summed E-state index contributed by atoms with van der Waals surface area (Å²) in [6.45, 7) is 7.33. The molecule has 4 heteroatoms. The summed E-state index contributed by atoms with van der Waals surface area (Å²) < 4.78 is 0. The van der Waals surface area contributed by atoms with Crippen molar-refractivity contribution in [2.45, 2.75) is 13.8 Å². The number of hydrogen-bond acceptors (Lipinski definition) is 0. The van der Waals surface area contributed by atoms with E-state index >= 15 is 0 Å². The Bertz CT molecular complexity index is 178. The van der Waals surface area contributed by atoms with Crippen LogP contribution in [0, 0.1) is 14.4 Å². The summed E-state index contributed by atoms with van der Waals surface area (Å²) in [5.74, 6) is 0. The molecule has 95 valence electrons. The van der Waals surface area contributed by atoms with E-state index < -0.39 is 0 Å². The maximum atomic E-state index is 3.36. The summed E-state index contributed by atoms with van der Waals surface area (Å²) in [7, 11) is 0. The largest absolute Gasteiger partial charge is 0.693 e. The Balaban J connectivity index is -0.0000000234.